The Morgan fingerprint density at radius 1 is 1.12 bits per heavy atom. The van der Waals surface area contributed by atoms with Crippen LogP contribution in [0, 0.1) is 5.92 Å². The van der Waals surface area contributed by atoms with Gasteiger partial charge in [0.15, 0.2) is 0 Å². The molecule has 0 radical (unpaired) electrons. The molecule has 26 heavy (non-hydrogen) atoms. The summed E-state index contributed by atoms with van der Waals surface area (Å²) in [6.07, 6.45) is 6.78. The van der Waals surface area contributed by atoms with Gasteiger partial charge >= 0.3 is 0 Å². The zero-order chi connectivity index (χ0) is 17.9. The Labute approximate surface area is 155 Å². The number of nitrogens with one attached hydrogen (secondary N) is 1. The van der Waals surface area contributed by atoms with Gasteiger partial charge in [-0.15, -0.1) is 0 Å². The lowest BCUT2D eigenvalue weighted by atomic mass is 9.83. The van der Waals surface area contributed by atoms with E-state index in [0.717, 1.165) is 17.7 Å². The van der Waals surface area contributed by atoms with E-state index in [2.05, 4.69) is 10.2 Å². The lowest BCUT2D eigenvalue weighted by Gasteiger charge is -2.44. The van der Waals surface area contributed by atoms with Crippen molar-refractivity contribution < 1.29 is 9.59 Å². The first-order valence-corrected chi connectivity index (χ1v) is 10.1. The zero-order valence-corrected chi connectivity index (χ0v) is 15.5. The van der Waals surface area contributed by atoms with Crippen molar-refractivity contribution in [3.63, 3.8) is 0 Å². The molecule has 3 aliphatic heterocycles. The molecule has 0 spiro atoms. The Morgan fingerprint density at radius 2 is 1.96 bits per heavy atom. The maximum atomic E-state index is 12.4. The van der Waals surface area contributed by atoms with Crippen molar-refractivity contribution in [2.75, 3.05) is 26.2 Å². The molecule has 2 amide bonds. The molecule has 0 saturated carbocycles. The molecule has 2 atom stereocenters. The highest BCUT2D eigenvalue weighted by molar-refractivity contribution is 5.98. The van der Waals surface area contributed by atoms with Gasteiger partial charge < -0.3 is 15.1 Å². The van der Waals surface area contributed by atoms with Crippen molar-refractivity contribution in [3.05, 3.63) is 35.4 Å². The molecule has 0 aliphatic carbocycles. The molecule has 2 saturated heterocycles. The molecule has 4 rings (SSSR count). The van der Waals surface area contributed by atoms with Crippen LogP contribution < -0.4 is 5.32 Å². The maximum Gasteiger partial charge on any atom is 0.254 e. The SMILES string of the molecule is O=C(CCN1Cc2ccccc2C1=O)NC[C@H]1CCCN2CCCC[C@@H]12. The summed E-state index contributed by atoms with van der Waals surface area (Å²) in [6.45, 7) is 4.37. The van der Waals surface area contributed by atoms with Crippen LogP contribution in [-0.2, 0) is 11.3 Å². The second-order valence-corrected chi connectivity index (χ2v) is 7.94. The summed E-state index contributed by atoms with van der Waals surface area (Å²) in [7, 11) is 0. The standard InChI is InChI=1S/C21H29N3O2/c25-20(10-13-24-15-17-6-1-2-8-18(17)21(24)26)22-14-16-7-5-12-23-11-4-3-9-19(16)23/h1-2,6,8,16,19H,3-5,7,9-15H2,(H,22,25)/t16-,19+/m1/s1. The Bertz CT molecular complexity index is 673. The fourth-order valence-electron chi connectivity index (χ4n) is 4.88. The number of fused-ring (bicyclic) bond motifs is 2. The molecule has 0 unspecified atom stereocenters. The molecule has 0 aromatic heterocycles. The fourth-order valence-corrected chi connectivity index (χ4v) is 4.88. The minimum Gasteiger partial charge on any atom is -0.356 e. The number of amides is 2. The summed E-state index contributed by atoms with van der Waals surface area (Å²) < 4.78 is 0. The van der Waals surface area contributed by atoms with Gasteiger partial charge in [-0.05, 0) is 56.3 Å². The average Bonchev–Trinajstić information content (AvgIpc) is 3.01. The predicted octanol–water partition coefficient (Wildman–Crippen LogP) is 2.41. The minimum atomic E-state index is 0.0542. The molecule has 5 heteroatoms. The molecule has 3 aliphatic rings. The monoisotopic (exact) mass is 355 g/mol. The lowest BCUT2D eigenvalue weighted by molar-refractivity contribution is -0.121. The van der Waals surface area contributed by atoms with E-state index < -0.39 is 0 Å². The van der Waals surface area contributed by atoms with Gasteiger partial charge in [0.2, 0.25) is 5.91 Å². The molecule has 2 fully saturated rings. The second-order valence-electron chi connectivity index (χ2n) is 7.94. The van der Waals surface area contributed by atoms with Gasteiger partial charge in [-0.25, -0.2) is 0 Å². The van der Waals surface area contributed by atoms with Crippen molar-refractivity contribution in [2.45, 2.75) is 51.1 Å². The van der Waals surface area contributed by atoms with Crippen molar-refractivity contribution in [1.82, 2.24) is 15.1 Å². The smallest absolute Gasteiger partial charge is 0.254 e. The molecular formula is C21H29N3O2. The van der Waals surface area contributed by atoms with Crippen LogP contribution in [0.25, 0.3) is 0 Å². The van der Waals surface area contributed by atoms with E-state index in [4.69, 9.17) is 0 Å². The Morgan fingerprint density at radius 3 is 2.85 bits per heavy atom. The van der Waals surface area contributed by atoms with E-state index in [1.54, 1.807) is 4.90 Å². The van der Waals surface area contributed by atoms with Crippen LogP contribution in [0.1, 0.15) is 54.4 Å². The van der Waals surface area contributed by atoms with E-state index >= 15 is 0 Å². The van der Waals surface area contributed by atoms with E-state index in [0.29, 0.717) is 31.5 Å². The van der Waals surface area contributed by atoms with Crippen molar-refractivity contribution >= 4 is 11.8 Å². The number of carbonyl (C=O) groups excluding carboxylic acids is 2. The normalized spacial score (nSPS) is 25.7. The van der Waals surface area contributed by atoms with Gasteiger partial charge in [-0.2, -0.15) is 0 Å². The zero-order valence-electron chi connectivity index (χ0n) is 15.5. The Hall–Kier alpha value is -1.88. The molecule has 5 nitrogen and oxygen atoms in total. The van der Waals surface area contributed by atoms with Gasteiger partial charge in [0.1, 0.15) is 0 Å². The van der Waals surface area contributed by atoms with Crippen LogP contribution in [0.3, 0.4) is 0 Å². The molecular weight excluding hydrogens is 326 g/mol. The first kappa shape index (κ1) is 17.5. The molecule has 140 valence electrons. The third kappa shape index (κ3) is 3.63. The Balaban J connectivity index is 1.23. The highest BCUT2D eigenvalue weighted by Crippen LogP contribution is 2.30. The van der Waals surface area contributed by atoms with Gasteiger partial charge in [0.25, 0.3) is 5.91 Å². The minimum absolute atomic E-state index is 0.0542. The topological polar surface area (TPSA) is 52.7 Å². The van der Waals surface area contributed by atoms with Crippen molar-refractivity contribution in [2.24, 2.45) is 5.92 Å². The van der Waals surface area contributed by atoms with Gasteiger partial charge in [-0.1, -0.05) is 24.6 Å². The van der Waals surface area contributed by atoms with Gasteiger partial charge in [0, 0.05) is 37.7 Å². The summed E-state index contributed by atoms with van der Waals surface area (Å²) >= 11 is 0. The number of carbonyl (C=O) groups is 2. The highest BCUT2D eigenvalue weighted by atomic mass is 16.2. The molecule has 0 bridgehead atoms. The van der Waals surface area contributed by atoms with Gasteiger partial charge in [-0.3, -0.25) is 9.59 Å². The van der Waals surface area contributed by atoms with Crippen LogP contribution in [0.5, 0.6) is 0 Å². The largest absolute Gasteiger partial charge is 0.356 e. The van der Waals surface area contributed by atoms with Crippen LogP contribution in [0.15, 0.2) is 24.3 Å². The number of hydrogen-bond donors (Lipinski definition) is 1. The van der Waals surface area contributed by atoms with Crippen molar-refractivity contribution in [1.29, 1.82) is 0 Å². The van der Waals surface area contributed by atoms with E-state index in [9.17, 15) is 9.59 Å². The highest BCUT2D eigenvalue weighted by Gasteiger charge is 2.33. The number of nitrogens with zero attached hydrogens (tertiary/aromatic N) is 2. The fraction of sp³-hybridized carbons (Fsp3) is 0.619. The van der Waals surface area contributed by atoms with E-state index in [-0.39, 0.29) is 11.8 Å². The predicted molar refractivity (Wildman–Crippen MR) is 101 cm³/mol. The van der Waals surface area contributed by atoms with E-state index in [1.807, 2.05) is 24.3 Å². The summed E-state index contributed by atoms with van der Waals surface area (Å²) in [4.78, 5) is 29.1. The summed E-state index contributed by atoms with van der Waals surface area (Å²) in [5.41, 5.74) is 1.85. The first-order chi connectivity index (χ1) is 12.7. The van der Waals surface area contributed by atoms with Crippen LogP contribution in [0.2, 0.25) is 0 Å². The van der Waals surface area contributed by atoms with Crippen LogP contribution in [0.4, 0.5) is 0 Å². The number of piperidine rings is 2. The van der Waals surface area contributed by atoms with E-state index in [1.165, 1.54) is 45.2 Å². The quantitative estimate of drug-likeness (QED) is 0.882. The number of rotatable bonds is 5. The average molecular weight is 355 g/mol. The number of hydrogen-bond acceptors (Lipinski definition) is 3. The molecule has 3 heterocycles. The molecule has 1 aromatic carbocycles. The number of benzene rings is 1. The van der Waals surface area contributed by atoms with Crippen LogP contribution in [-0.4, -0.2) is 53.8 Å². The van der Waals surface area contributed by atoms with Gasteiger partial charge in [0.05, 0.1) is 0 Å². The summed E-state index contributed by atoms with van der Waals surface area (Å²) in [5.74, 6) is 0.714. The lowest BCUT2D eigenvalue weighted by Crippen LogP contribution is -2.51. The summed E-state index contributed by atoms with van der Waals surface area (Å²) in [5, 5.41) is 3.14. The Kier molecular flexibility index (Phi) is 5.25. The van der Waals surface area contributed by atoms with Crippen molar-refractivity contribution in [3.8, 4) is 0 Å². The second kappa shape index (κ2) is 7.78. The molecule has 1 aromatic rings. The maximum absolute atomic E-state index is 12.4. The third-order valence-corrected chi connectivity index (χ3v) is 6.30. The first-order valence-electron chi connectivity index (χ1n) is 10.1. The molecule has 1 N–H and O–H groups in total. The third-order valence-electron chi connectivity index (χ3n) is 6.30. The summed E-state index contributed by atoms with van der Waals surface area (Å²) in [6, 6.07) is 8.38. The van der Waals surface area contributed by atoms with Crippen LogP contribution >= 0.6 is 0 Å².